The lowest BCUT2D eigenvalue weighted by atomic mass is 10.0. The van der Waals surface area contributed by atoms with Crippen molar-refractivity contribution in [1.29, 1.82) is 0 Å². The highest BCUT2D eigenvalue weighted by Crippen LogP contribution is 2.17. The highest BCUT2D eigenvalue weighted by Gasteiger charge is 2.29. The molecule has 3 atom stereocenters. The summed E-state index contributed by atoms with van der Waals surface area (Å²) in [7, 11) is 2.23. The number of hydrogen-bond acceptors (Lipinski definition) is 4. The molecule has 3 unspecified atom stereocenters. The summed E-state index contributed by atoms with van der Waals surface area (Å²) < 4.78 is 5.42. The minimum absolute atomic E-state index is 0.250. The van der Waals surface area contributed by atoms with Crippen LogP contribution >= 0.6 is 0 Å². The third-order valence-electron chi connectivity index (χ3n) is 4.07. The van der Waals surface area contributed by atoms with E-state index in [-0.39, 0.29) is 6.04 Å². The van der Waals surface area contributed by atoms with Crippen molar-refractivity contribution in [3.63, 3.8) is 0 Å². The molecule has 2 N–H and O–H groups in total. The number of likely N-dealkylation sites (N-methyl/N-ethyl adjacent to an activating group) is 1. The summed E-state index contributed by atoms with van der Waals surface area (Å²) in [4.78, 5) is 5.04. The standard InChI is InChI=1S/C12H25N3O/c1-3-11-7-15(5-4-14(11)2)6-10-8-16-9-12(10)13/h10-12H,3-9,13H2,1-2H3. The van der Waals surface area contributed by atoms with Gasteiger partial charge in [0, 0.05) is 44.2 Å². The largest absolute Gasteiger partial charge is 0.379 e. The van der Waals surface area contributed by atoms with E-state index >= 15 is 0 Å². The number of piperazine rings is 1. The molecule has 0 aromatic rings. The van der Waals surface area contributed by atoms with Crippen molar-refractivity contribution in [2.24, 2.45) is 11.7 Å². The van der Waals surface area contributed by atoms with Crippen LogP contribution in [-0.2, 0) is 4.74 Å². The first-order valence-electron chi connectivity index (χ1n) is 6.46. The smallest absolute Gasteiger partial charge is 0.0621 e. The molecule has 2 aliphatic heterocycles. The maximum absolute atomic E-state index is 6.03. The minimum atomic E-state index is 0.250. The third-order valence-corrected chi connectivity index (χ3v) is 4.07. The van der Waals surface area contributed by atoms with Gasteiger partial charge >= 0.3 is 0 Å². The monoisotopic (exact) mass is 227 g/mol. The number of rotatable bonds is 3. The summed E-state index contributed by atoms with van der Waals surface area (Å²) in [5.41, 5.74) is 6.03. The molecule has 0 bridgehead atoms. The average Bonchev–Trinajstić information content (AvgIpc) is 2.67. The average molecular weight is 227 g/mol. The van der Waals surface area contributed by atoms with Crippen molar-refractivity contribution >= 4 is 0 Å². The Hall–Kier alpha value is -0.160. The quantitative estimate of drug-likeness (QED) is 0.736. The lowest BCUT2D eigenvalue weighted by molar-refractivity contribution is 0.0774. The molecule has 16 heavy (non-hydrogen) atoms. The van der Waals surface area contributed by atoms with E-state index in [0.29, 0.717) is 12.0 Å². The molecule has 0 aromatic carbocycles. The second-order valence-electron chi connectivity index (χ2n) is 5.26. The normalized spacial score (nSPS) is 38.1. The molecule has 4 nitrogen and oxygen atoms in total. The van der Waals surface area contributed by atoms with Crippen LogP contribution in [0.2, 0.25) is 0 Å². The summed E-state index contributed by atoms with van der Waals surface area (Å²) in [5, 5.41) is 0. The fourth-order valence-corrected chi connectivity index (χ4v) is 2.75. The zero-order chi connectivity index (χ0) is 11.5. The van der Waals surface area contributed by atoms with E-state index in [0.717, 1.165) is 19.8 Å². The molecular weight excluding hydrogens is 202 g/mol. The van der Waals surface area contributed by atoms with Gasteiger partial charge in [-0.05, 0) is 13.5 Å². The van der Waals surface area contributed by atoms with E-state index in [2.05, 4.69) is 23.8 Å². The van der Waals surface area contributed by atoms with Gasteiger partial charge in [0.1, 0.15) is 0 Å². The Bertz CT molecular complexity index is 224. The molecule has 0 aromatic heterocycles. The molecule has 0 aliphatic carbocycles. The fraction of sp³-hybridized carbons (Fsp3) is 1.00. The summed E-state index contributed by atoms with van der Waals surface area (Å²) in [6.07, 6.45) is 1.24. The summed E-state index contributed by atoms with van der Waals surface area (Å²) in [5.74, 6) is 0.543. The lowest BCUT2D eigenvalue weighted by Gasteiger charge is -2.40. The second-order valence-corrected chi connectivity index (χ2v) is 5.26. The zero-order valence-electron chi connectivity index (χ0n) is 10.6. The SMILES string of the molecule is CCC1CN(CC2COCC2N)CCN1C. The summed E-state index contributed by atoms with van der Waals surface area (Å²) in [6, 6.07) is 0.965. The van der Waals surface area contributed by atoms with Gasteiger partial charge in [0.25, 0.3) is 0 Å². The van der Waals surface area contributed by atoms with Gasteiger partial charge < -0.3 is 20.3 Å². The molecule has 2 fully saturated rings. The second kappa shape index (κ2) is 5.45. The first kappa shape index (κ1) is 12.3. The van der Waals surface area contributed by atoms with Crippen LogP contribution in [0.25, 0.3) is 0 Å². The molecule has 2 aliphatic rings. The predicted octanol–water partition coefficient (Wildman–Crippen LogP) is -0.0139. The first-order chi connectivity index (χ1) is 7.70. The molecule has 0 spiro atoms. The van der Waals surface area contributed by atoms with Crippen LogP contribution in [-0.4, -0.2) is 68.3 Å². The molecule has 0 saturated carbocycles. The number of nitrogens with two attached hydrogens (primary N) is 1. The van der Waals surface area contributed by atoms with E-state index < -0.39 is 0 Å². The van der Waals surface area contributed by atoms with E-state index in [1.54, 1.807) is 0 Å². The Morgan fingerprint density at radius 2 is 2.12 bits per heavy atom. The zero-order valence-corrected chi connectivity index (χ0v) is 10.6. The molecule has 0 radical (unpaired) electrons. The van der Waals surface area contributed by atoms with Gasteiger partial charge in [-0.1, -0.05) is 6.92 Å². The summed E-state index contributed by atoms with van der Waals surface area (Å²) >= 11 is 0. The van der Waals surface area contributed by atoms with Crippen LogP contribution in [0.15, 0.2) is 0 Å². The minimum Gasteiger partial charge on any atom is -0.379 e. The van der Waals surface area contributed by atoms with Gasteiger partial charge in [-0.25, -0.2) is 0 Å². The van der Waals surface area contributed by atoms with Crippen molar-refractivity contribution in [2.45, 2.75) is 25.4 Å². The number of hydrogen-bond donors (Lipinski definition) is 1. The Balaban J connectivity index is 1.81. The van der Waals surface area contributed by atoms with Crippen LogP contribution < -0.4 is 5.73 Å². The van der Waals surface area contributed by atoms with Gasteiger partial charge in [-0.2, -0.15) is 0 Å². The van der Waals surface area contributed by atoms with Gasteiger partial charge in [0.05, 0.1) is 13.2 Å². The molecule has 2 heterocycles. The third kappa shape index (κ3) is 2.74. The molecule has 0 amide bonds. The van der Waals surface area contributed by atoms with E-state index in [1.807, 2.05) is 0 Å². The number of ether oxygens (including phenoxy) is 1. The number of nitrogens with zero attached hydrogens (tertiary/aromatic N) is 2. The molecule has 94 valence electrons. The van der Waals surface area contributed by atoms with E-state index in [1.165, 1.54) is 26.1 Å². The molecule has 4 heteroatoms. The molecule has 2 saturated heterocycles. The van der Waals surface area contributed by atoms with Crippen LogP contribution in [0.1, 0.15) is 13.3 Å². The predicted molar refractivity (Wildman–Crippen MR) is 65.4 cm³/mol. The van der Waals surface area contributed by atoms with E-state index in [9.17, 15) is 0 Å². The van der Waals surface area contributed by atoms with Gasteiger partial charge in [-0.3, -0.25) is 0 Å². The van der Waals surface area contributed by atoms with E-state index in [4.69, 9.17) is 10.5 Å². The van der Waals surface area contributed by atoms with Gasteiger partial charge in [-0.15, -0.1) is 0 Å². The van der Waals surface area contributed by atoms with Crippen molar-refractivity contribution in [3.05, 3.63) is 0 Å². The van der Waals surface area contributed by atoms with Crippen LogP contribution in [0.3, 0.4) is 0 Å². The Morgan fingerprint density at radius 3 is 2.75 bits per heavy atom. The Kier molecular flexibility index (Phi) is 4.19. The van der Waals surface area contributed by atoms with Crippen molar-refractivity contribution in [1.82, 2.24) is 9.80 Å². The topological polar surface area (TPSA) is 41.7 Å². The lowest BCUT2D eigenvalue weighted by Crippen LogP contribution is -2.53. The van der Waals surface area contributed by atoms with Gasteiger partial charge in [0.15, 0.2) is 0 Å². The highest BCUT2D eigenvalue weighted by atomic mass is 16.5. The molecular formula is C12H25N3O. The maximum atomic E-state index is 6.03. The van der Waals surface area contributed by atoms with Crippen LogP contribution in [0, 0.1) is 5.92 Å². The Morgan fingerprint density at radius 1 is 1.31 bits per heavy atom. The summed E-state index contributed by atoms with van der Waals surface area (Å²) in [6.45, 7) is 8.54. The highest BCUT2D eigenvalue weighted by molar-refractivity contribution is 4.85. The van der Waals surface area contributed by atoms with Crippen molar-refractivity contribution in [3.8, 4) is 0 Å². The maximum Gasteiger partial charge on any atom is 0.0621 e. The molecule has 2 rings (SSSR count). The fourth-order valence-electron chi connectivity index (χ4n) is 2.75. The Labute approximate surface area is 98.7 Å². The first-order valence-corrected chi connectivity index (χ1v) is 6.46. The van der Waals surface area contributed by atoms with Crippen LogP contribution in [0.4, 0.5) is 0 Å². The van der Waals surface area contributed by atoms with Crippen molar-refractivity contribution < 1.29 is 4.74 Å². The van der Waals surface area contributed by atoms with Crippen LogP contribution in [0.5, 0.6) is 0 Å². The van der Waals surface area contributed by atoms with Crippen molar-refractivity contribution in [2.75, 3.05) is 46.4 Å². The van der Waals surface area contributed by atoms with Gasteiger partial charge in [0.2, 0.25) is 0 Å².